The summed E-state index contributed by atoms with van der Waals surface area (Å²) < 4.78 is 0. The van der Waals surface area contributed by atoms with E-state index in [0.29, 0.717) is 5.56 Å². The number of carboxylic acids is 1. The summed E-state index contributed by atoms with van der Waals surface area (Å²) in [6.45, 7) is 6.94. The molecule has 1 rings (SSSR count). The summed E-state index contributed by atoms with van der Waals surface area (Å²) in [6, 6.07) is 3.04. The molecule has 0 heterocycles. The first-order valence-corrected chi connectivity index (χ1v) is 10.5. The molecule has 7 N–H and O–H groups in total. The minimum Gasteiger partial charge on any atom is -0.508 e. The molecule has 0 aromatic heterocycles. The van der Waals surface area contributed by atoms with Gasteiger partial charge >= 0.3 is 5.97 Å². The minimum absolute atomic E-state index is 0.00679. The number of rotatable bonds is 12. The second kappa shape index (κ2) is 12.7. The van der Waals surface area contributed by atoms with Crippen LogP contribution in [0.1, 0.15) is 39.7 Å². The lowest BCUT2D eigenvalue weighted by molar-refractivity contribution is -0.142. The molecule has 3 unspecified atom stereocenters. The Morgan fingerprint density at radius 3 is 2.03 bits per heavy atom. The first kappa shape index (κ1) is 26.9. The summed E-state index contributed by atoms with van der Waals surface area (Å²) in [7, 11) is 0. The average Bonchev–Trinajstić information content (AvgIpc) is 2.71. The predicted molar refractivity (Wildman–Crippen MR) is 119 cm³/mol. The molecule has 0 aliphatic carbocycles. The summed E-state index contributed by atoms with van der Waals surface area (Å²) in [5, 5.41) is 26.3. The van der Waals surface area contributed by atoms with Gasteiger partial charge in [-0.2, -0.15) is 0 Å². The smallest absolute Gasteiger partial charge is 0.326 e. The van der Waals surface area contributed by atoms with Gasteiger partial charge in [0, 0.05) is 6.42 Å². The third-order valence-electron chi connectivity index (χ3n) is 4.79. The molecular weight excluding hydrogens is 416 g/mol. The molecule has 0 aliphatic rings. The van der Waals surface area contributed by atoms with Crippen LogP contribution in [-0.2, 0) is 25.6 Å². The molecule has 0 spiro atoms. The van der Waals surface area contributed by atoms with E-state index in [-0.39, 0.29) is 37.0 Å². The monoisotopic (exact) mass is 450 g/mol. The SMILES string of the molecule is CC(C)CC(NC(=O)CNC(=O)C(N)C(C)C)C(=O)NC(Cc1ccc(O)cc1)C(=O)O. The minimum atomic E-state index is -1.23. The predicted octanol–water partition coefficient (Wildman–Crippen LogP) is 0.135. The van der Waals surface area contributed by atoms with Crippen LogP contribution in [0.3, 0.4) is 0 Å². The fourth-order valence-corrected chi connectivity index (χ4v) is 2.88. The van der Waals surface area contributed by atoms with Gasteiger partial charge in [0.2, 0.25) is 17.7 Å². The molecule has 32 heavy (non-hydrogen) atoms. The van der Waals surface area contributed by atoms with E-state index in [1.165, 1.54) is 12.1 Å². The van der Waals surface area contributed by atoms with Crippen LogP contribution in [-0.4, -0.2) is 58.6 Å². The van der Waals surface area contributed by atoms with Gasteiger partial charge in [-0.05, 0) is 36.0 Å². The zero-order chi connectivity index (χ0) is 24.4. The van der Waals surface area contributed by atoms with Gasteiger partial charge < -0.3 is 31.9 Å². The van der Waals surface area contributed by atoms with Gasteiger partial charge in [-0.1, -0.05) is 39.8 Å². The van der Waals surface area contributed by atoms with Crippen LogP contribution in [0.5, 0.6) is 5.75 Å². The zero-order valence-corrected chi connectivity index (χ0v) is 18.9. The van der Waals surface area contributed by atoms with Gasteiger partial charge in [0.05, 0.1) is 12.6 Å². The average molecular weight is 451 g/mol. The molecule has 0 aliphatic heterocycles. The van der Waals surface area contributed by atoms with Crippen LogP contribution in [0, 0.1) is 11.8 Å². The Labute approximate surface area is 187 Å². The second-order valence-corrected chi connectivity index (χ2v) is 8.51. The van der Waals surface area contributed by atoms with Crippen molar-refractivity contribution >= 4 is 23.7 Å². The van der Waals surface area contributed by atoms with Crippen molar-refractivity contribution in [3.05, 3.63) is 29.8 Å². The number of nitrogens with one attached hydrogen (secondary N) is 3. The molecule has 1 aromatic carbocycles. The van der Waals surface area contributed by atoms with E-state index in [4.69, 9.17) is 5.73 Å². The van der Waals surface area contributed by atoms with E-state index in [1.807, 2.05) is 13.8 Å². The van der Waals surface area contributed by atoms with E-state index in [2.05, 4.69) is 16.0 Å². The van der Waals surface area contributed by atoms with Gasteiger partial charge in [0.15, 0.2) is 0 Å². The molecule has 3 atom stereocenters. The lowest BCUT2D eigenvalue weighted by Crippen LogP contribution is -2.54. The van der Waals surface area contributed by atoms with Gasteiger partial charge in [0.25, 0.3) is 0 Å². The largest absolute Gasteiger partial charge is 0.508 e. The van der Waals surface area contributed by atoms with Gasteiger partial charge in [-0.3, -0.25) is 14.4 Å². The van der Waals surface area contributed by atoms with Crippen molar-refractivity contribution in [2.45, 2.75) is 58.7 Å². The Bertz CT molecular complexity index is 794. The van der Waals surface area contributed by atoms with Crippen molar-refractivity contribution in [3.63, 3.8) is 0 Å². The van der Waals surface area contributed by atoms with Crippen LogP contribution >= 0.6 is 0 Å². The number of phenols is 1. The van der Waals surface area contributed by atoms with E-state index < -0.39 is 41.8 Å². The maximum atomic E-state index is 12.8. The van der Waals surface area contributed by atoms with E-state index in [0.717, 1.165) is 0 Å². The molecule has 1 aromatic rings. The number of benzene rings is 1. The van der Waals surface area contributed by atoms with Gasteiger partial charge in [-0.25, -0.2) is 4.79 Å². The number of hydrogen-bond acceptors (Lipinski definition) is 6. The highest BCUT2D eigenvalue weighted by Crippen LogP contribution is 2.12. The van der Waals surface area contributed by atoms with E-state index >= 15 is 0 Å². The van der Waals surface area contributed by atoms with E-state index in [9.17, 15) is 29.4 Å². The summed E-state index contributed by atoms with van der Waals surface area (Å²) in [5.41, 5.74) is 6.35. The third kappa shape index (κ3) is 9.34. The van der Waals surface area contributed by atoms with Crippen LogP contribution < -0.4 is 21.7 Å². The molecule has 3 amide bonds. The molecule has 0 bridgehead atoms. The highest BCUT2D eigenvalue weighted by molar-refractivity contribution is 5.92. The topological polar surface area (TPSA) is 171 Å². The quantitative estimate of drug-likeness (QED) is 0.263. The van der Waals surface area contributed by atoms with Crippen LogP contribution in [0.2, 0.25) is 0 Å². The van der Waals surface area contributed by atoms with E-state index in [1.54, 1.807) is 26.0 Å². The summed E-state index contributed by atoms with van der Waals surface area (Å²) >= 11 is 0. The Kier molecular flexibility index (Phi) is 10.6. The number of aromatic hydroxyl groups is 1. The number of amides is 3. The first-order chi connectivity index (χ1) is 14.9. The lowest BCUT2D eigenvalue weighted by Gasteiger charge is -2.23. The Hall–Kier alpha value is -3.14. The molecule has 10 heteroatoms. The second-order valence-electron chi connectivity index (χ2n) is 8.51. The zero-order valence-electron chi connectivity index (χ0n) is 18.9. The lowest BCUT2D eigenvalue weighted by atomic mass is 10.0. The number of aliphatic carboxylic acids is 1. The van der Waals surface area contributed by atoms with Crippen molar-refractivity contribution in [2.24, 2.45) is 17.6 Å². The van der Waals surface area contributed by atoms with Crippen LogP contribution in [0.4, 0.5) is 0 Å². The fourth-order valence-electron chi connectivity index (χ4n) is 2.88. The number of nitrogens with two attached hydrogens (primary N) is 1. The van der Waals surface area contributed by atoms with Crippen LogP contribution in [0.15, 0.2) is 24.3 Å². The molecule has 0 radical (unpaired) electrons. The Morgan fingerprint density at radius 1 is 0.938 bits per heavy atom. The summed E-state index contributed by atoms with van der Waals surface area (Å²) in [5.74, 6) is -2.93. The van der Waals surface area contributed by atoms with Crippen molar-refractivity contribution in [1.82, 2.24) is 16.0 Å². The molecule has 0 saturated heterocycles. The Morgan fingerprint density at radius 2 is 1.53 bits per heavy atom. The number of carboxylic acid groups (broad SMARTS) is 1. The number of carbonyl (C=O) groups is 4. The number of phenolic OH excluding ortho intramolecular Hbond substituents is 1. The van der Waals surface area contributed by atoms with Gasteiger partial charge in [-0.15, -0.1) is 0 Å². The first-order valence-electron chi connectivity index (χ1n) is 10.5. The van der Waals surface area contributed by atoms with Crippen LogP contribution in [0.25, 0.3) is 0 Å². The fraction of sp³-hybridized carbons (Fsp3) is 0.545. The van der Waals surface area contributed by atoms with Crippen molar-refractivity contribution < 1.29 is 29.4 Å². The maximum absolute atomic E-state index is 12.8. The molecule has 10 nitrogen and oxygen atoms in total. The number of hydrogen-bond donors (Lipinski definition) is 6. The standard InChI is InChI=1S/C22H34N4O6/c1-12(2)9-16(25-18(28)11-24-21(30)19(23)13(3)4)20(29)26-17(22(31)32)10-14-5-7-15(27)8-6-14/h5-8,12-13,16-17,19,27H,9-11,23H2,1-4H3,(H,24,30)(H,25,28)(H,26,29)(H,31,32). The normalized spacial score (nSPS) is 13.8. The van der Waals surface area contributed by atoms with Crippen molar-refractivity contribution in [2.75, 3.05) is 6.54 Å². The highest BCUT2D eigenvalue weighted by Gasteiger charge is 2.27. The van der Waals surface area contributed by atoms with Crippen molar-refractivity contribution in [1.29, 1.82) is 0 Å². The Balaban J connectivity index is 2.78. The maximum Gasteiger partial charge on any atom is 0.326 e. The third-order valence-corrected chi connectivity index (χ3v) is 4.79. The molecule has 0 saturated carbocycles. The number of carbonyl (C=O) groups excluding carboxylic acids is 3. The highest BCUT2D eigenvalue weighted by atomic mass is 16.4. The molecular formula is C22H34N4O6. The van der Waals surface area contributed by atoms with Gasteiger partial charge in [0.1, 0.15) is 17.8 Å². The molecule has 0 fully saturated rings. The summed E-state index contributed by atoms with van der Waals surface area (Å²) in [4.78, 5) is 48.6. The summed E-state index contributed by atoms with van der Waals surface area (Å²) in [6.07, 6.45) is 0.287. The molecule has 178 valence electrons. The van der Waals surface area contributed by atoms with Crippen molar-refractivity contribution in [3.8, 4) is 5.75 Å².